The fourth-order valence-electron chi connectivity index (χ4n) is 3.10. The van der Waals surface area contributed by atoms with Crippen LogP contribution in [0.5, 0.6) is 0 Å². The standard InChI is InChI=1S/C19H23N3O3/c1-15(16-6-3-2-4-7-16)20-18(23)14-21-9-11-22(12-10-21)19(24)17-8-5-13-25-17/h2-8,13,15H,9-12,14H2,1H3,(H,20,23)/p+1/t15-/m0/s1. The van der Waals surface area contributed by atoms with Gasteiger partial charge < -0.3 is 19.5 Å². The van der Waals surface area contributed by atoms with Crippen molar-refractivity contribution in [2.45, 2.75) is 13.0 Å². The molecule has 132 valence electrons. The van der Waals surface area contributed by atoms with Crippen molar-refractivity contribution in [2.24, 2.45) is 0 Å². The minimum Gasteiger partial charge on any atom is -0.459 e. The number of nitrogens with one attached hydrogen (secondary N) is 2. The second-order valence-electron chi connectivity index (χ2n) is 6.40. The highest BCUT2D eigenvalue weighted by atomic mass is 16.3. The Kier molecular flexibility index (Phi) is 5.50. The summed E-state index contributed by atoms with van der Waals surface area (Å²) in [6.45, 7) is 5.22. The molecule has 0 unspecified atom stereocenters. The van der Waals surface area contributed by atoms with Crippen molar-refractivity contribution in [2.75, 3.05) is 32.7 Å². The average Bonchev–Trinajstić information content (AvgIpc) is 3.17. The molecule has 0 spiro atoms. The van der Waals surface area contributed by atoms with Crippen LogP contribution in [0.25, 0.3) is 0 Å². The first-order valence-corrected chi connectivity index (χ1v) is 8.64. The Hall–Kier alpha value is -2.60. The zero-order chi connectivity index (χ0) is 17.6. The molecule has 2 heterocycles. The first-order valence-electron chi connectivity index (χ1n) is 8.64. The lowest BCUT2D eigenvalue weighted by Gasteiger charge is -2.31. The monoisotopic (exact) mass is 342 g/mol. The fourth-order valence-corrected chi connectivity index (χ4v) is 3.10. The summed E-state index contributed by atoms with van der Waals surface area (Å²) in [7, 11) is 0. The predicted molar refractivity (Wildman–Crippen MR) is 93.2 cm³/mol. The summed E-state index contributed by atoms with van der Waals surface area (Å²) in [5, 5.41) is 3.04. The molecule has 0 saturated carbocycles. The van der Waals surface area contributed by atoms with Gasteiger partial charge in [-0.15, -0.1) is 0 Å². The summed E-state index contributed by atoms with van der Waals surface area (Å²) in [5.74, 6) is 0.334. The van der Waals surface area contributed by atoms with E-state index in [9.17, 15) is 9.59 Å². The average molecular weight is 342 g/mol. The Bertz CT molecular complexity index is 692. The molecular weight excluding hydrogens is 318 g/mol. The third-order valence-electron chi connectivity index (χ3n) is 4.58. The van der Waals surface area contributed by atoms with E-state index in [4.69, 9.17) is 4.42 Å². The second kappa shape index (κ2) is 7.98. The predicted octanol–water partition coefficient (Wildman–Crippen LogP) is 0.498. The number of amides is 2. The Morgan fingerprint density at radius 1 is 1.16 bits per heavy atom. The van der Waals surface area contributed by atoms with Gasteiger partial charge in [0, 0.05) is 0 Å². The van der Waals surface area contributed by atoms with Gasteiger partial charge in [-0.3, -0.25) is 9.59 Å². The van der Waals surface area contributed by atoms with Gasteiger partial charge in [-0.05, 0) is 24.6 Å². The SMILES string of the molecule is C[C@H](NC(=O)C[NH+]1CCN(C(=O)c2ccco2)CC1)c1ccccc1. The lowest BCUT2D eigenvalue weighted by molar-refractivity contribution is -0.896. The molecule has 1 saturated heterocycles. The molecule has 2 amide bonds. The second-order valence-corrected chi connectivity index (χ2v) is 6.40. The Balaban J connectivity index is 1.44. The molecular formula is C19H24N3O3+. The molecule has 1 aliphatic heterocycles. The minimum absolute atomic E-state index is 0.00470. The van der Waals surface area contributed by atoms with Crippen LogP contribution in [0, 0.1) is 0 Å². The molecule has 1 aromatic heterocycles. The summed E-state index contributed by atoms with van der Waals surface area (Å²) in [4.78, 5) is 27.5. The van der Waals surface area contributed by atoms with Crippen molar-refractivity contribution in [1.29, 1.82) is 0 Å². The lowest BCUT2D eigenvalue weighted by Crippen LogP contribution is -3.15. The molecule has 1 aromatic carbocycles. The quantitative estimate of drug-likeness (QED) is 0.831. The van der Waals surface area contributed by atoms with E-state index < -0.39 is 0 Å². The molecule has 1 aliphatic rings. The van der Waals surface area contributed by atoms with Crippen LogP contribution in [0.4, 0.5) is 0 Å². The van der Waals surface area contributed by atoms with Crippen molar-refractivity contribution in [3.05, 3.63) is 60.1 Å². The van der Waals surface area contributed by atoms with Crippen molar-refractivity contribution in [1.82, 2.24) is 10.2 Å². The van der Waals surface area contributed by atoms with E-state index in [1.165, 1.54) is 11.2 Å². The van der Waals surface area contributed by atoms with Gasteiger partial charge in [0.2, 0.25) is 0 Å². The number of hydrogen-bond acceptors (Lipinski definition) is 3. The van der Waals surface area contributed by atoms with Gasteiger partial charge >= 0.3 is 0 Å². The molecule has 6 heteroatoms. The van der Waals surface area contributed by atoms with E-state index in [-0.39, 0.29) is 17.9 Å². The highest BCUT2D eigenvalue weighted by Crippen LogP contribution is 2.10. The smallest absolute Gasteiger partial charge is 0.289 e. The Morgan fingerprint density at radius 3 is 2.52 bits per heavy atom. The van der Waals surface area contributed by atoms with Crippen LogP contribution in [-0.4, -0.2) is 49.4 Å². The third-order valence-corrected chi connectivity index (χ3v) is 4.58. The summed E-state index contributed by atoms with van der Waals surface area (Å²) in [6.07, 6.45) is 1.51. The normalized spacial score (nSPS) is 16.4. The first-order chi connectivity index (χ1) is 12.1. The van der Waals surface area contributed by atoms with Crippen LogP contribution >= 0.6 is 0 Å². The van der Waals surface area contributed by atoms with E-state index in [0.29, 0.717) is 25.4 Å². The molecule has 25 heavy (non-hydrogen) atoms. The van der Waals surface area contributed by atoms with Crippen LogP contribution in [0.3, 0.4) is 0 Å². The molecule has 0 aliphatic carbocycles. The fraction of sp³-hybridized carbons (Fsp3) is 0.368. The summed E-state index contributed by atoms with van der Waals surface area (Å²) >= 11 is 0. The number of carbonyl (C=O) groups is 2. The van der Waals surface area contributed by atoms with Gasteiger partial charge in [0.25, 0.3) is 11.8 Å². The molecule has 2 aromatic rings. The number of quaternary nitrogens is 1. The van der Waals surface area contributed by atoms with Crippen LogP contribution in [0.15, 0.2) is 53.1 Å². The first kappa shape index (κ1) is 17.2. The number of nitrogens with zero attached hydrogens (tertiary/aromatic N) is 1. The van der Waals surface area contributed by atoms with E-state index in [1.54, 1.807) is 17.0 Å². The highest BCUT2D eigenvalue weighted by molar-refractivity contribution is 5.91. The van der Waals surface area contributed by atoms with Gasteiger partial charge in [0.1, 0.15) is 0 Å². The minimum atomic E-state index is -0.0776. The van der Waals surface area contributed by atoms with Gasteiger partial charge in [-0.25, -0.2) is 0 Å². The number of carbonyl (C=O) groups excluding carboxylic acids is 2. The van der Waals surface area contributed by atoms with Gasteiger partial charge in [0.15, 0.2) is 12.3 Å². The van der Waals surface area contributed by atoms with Crippen molar-refractivity contribution in [3.63, 3.8) is 0 Å². The van der Waals surface area contributed by atoms with E-state index >= 15 is 0 Å². The summed E-state index contributed by atoms with van der Waals surface area (Å²) < 4.78 is 5.16. The van der Waals surface area contributed by atoms with Crippen LogP contribution in [0.2, 0.25) is 0 Å². The Morgan fingerprint density at radius 2 is 1.88 bits per heavy atom. The largest absolute Gasteiger partial charge is 0.459 e. The molecule has 1 atom stereocenters. The molecule has 0 bridgehead atoms. The van der Waals surface area contributed by atoms with Crippen LogP contribution in [-0.2, 0) is 4.79 Å². The molecule has 6 nitrogen and oxygen atoms in total. The third kappa shape index (κ3) is 4.48. The Labute approximate surface area is 147 Å². The van der Waals surface area contributed by atoms with Gasteiger partial charge in [-0.1, -0.05) is 30.3 Å². The van der Waals surface area contributed by atoms with E-state index in [0.717, 1.165) is 18.7 Å². The van der Waals surface area contributed by atoms with Crippen molar-refractivity contribution < 1.29 is 18.9 Å². The van der Waals surface area contributed by atoms with E-state index in [1.807, 2.05) is 37.3 Å². The van der Waals surface area contributed by atoms with Crippen LogP contribution < -0.4 is 10.2 Å². The summed E-state index contributed by atoms with van der Waals surface area (Å²) in [6, 6.07) is 13.3. The topological polar surface area (TPSA) is 67.0 Å². The number of furan rings is 1. The molecule has 0 radical (unpaired) electrons. The van der Waals surface area contributed by atoms with E-state index in [2.05, 4.69) is 5.32 Å². The summed E-state index contributed by atoms with van der Waals surface area (Å²) in [5.41, 5.74) is 1.10. The maximum absolute atomic E-state index is 12.3. The van der Waals surface area contributed by atoms with Crippen molar-refractivity contribution in [3.8, 4) is 0 Å². The molecule has 3 rings (SSSR count). The maximum Gasteiger partial charge on any atom is 0.289 e. The van der Waals surface area contributed by atoms with Gasteiger partial charge in [-0.2, -0.15) is 0 Å². The number of benzene rings is 1. The van der Waals surface area contributed by atoms with Gasteiger partial charge in [0.05, 0.1) is 38.5 Å². The zero-order valence-corrected chi connectivity index (χ0v) is 14.4. The van der Waals surface area contributed by atoms with Crippen molar-refractivity contribution >= 4 is 11.8 Å². The number of piperazine rings is 1. The molecule has 2 N–H and O–H groups in total. The molecule has 1 fully saturated rings. The lowest BCUT2D eigenvalue weighted by atomic mass is 10.1. The number of hydrogen-bond donors (Lipinski definition) is 2. The number of rotatable bonds is 5. The highest BCUT2D eigenvalue weighted by Gasteiger charge is 2.27. The van der Waals surface area contributed by atoms with Crippen LogP contribution in [0.1, 0.15) is 29.1 Å². The maximum atomic E-state index is 12.3. The zero-order valence-electron chi connectivity index (χ0n) is 14.4.